The topological polar surface area (TPSA) is 89.0 Å². The zero-order chi connectivity index (χ0) is 23.5. The van der Waals surface area contributed by atoms with E-state index in [1.165, 1.54) is 39.5 Å². The van der Waals surface area contributed by atoms with Gasteiger partial charge in [-0.2, -0.15) is 0 Å². The van der Waals surface area contributed by atoms with Crippen LogP contribution < -0.4 is 23.7 Å². The monoisotopic (exact) mass is 470 g/mol. The van der Waals surface area contributed by atoms with Gasteiger partial charge >= 0.3 is 5.97 Å². The summed E-state index contributed by atoms with van der Waals surface area (Å²) in [6.45, 7) is 1.95. The van der Waals surface area contributed by atoms with Gasteiger partial charge in [0, 0.05) is 6.07 Å². The number of para-hydroxylation sites is 1. The predicted octanol–water partition coefficient (Wildman–Crippen LogP) is 5.35. The maximum atomic E-state index is 13.0. The van der Waals surface area contributed by atoms with E-state index in [1.807, 2.05) is 25.1 Å². The molecule has 0 atom stereocenters. The fourth-order valence-electron chi connectivity index (χ4n) is 3.47. The highest BCUT2D eigenvalue weighted by Gasteiger charge is 2.29. The maximum absolute atomic E-state index is 13.0. The number of ether oxygens (including phenoxy) is 5. The van der Waals surface area contributed by atoms with Crippen LogP contribution in [0.2, 0.25) is 5.15 Å². The molecule has 1 aliphatic rings. The van der Waals surface area contributed by atoms with Crippen LogP contribution in [0, 0.1) is 6.92 Å². The van der Waals surface area contributed by atoms with Gasteiger partial charge in [0.25, 0.3) is 5.88 Å². The zero-order valence-corrected chi connectivity index (χ0v) is 19.4. The highest BCUT2D eigenvalue weighted by atomic mass is 35.5. The highest BCUT2D eigenvalue weighted by Crippen LogP contribution is 2.47. The quantitative estimate of drug-likeness (QED) is 0.407. The van der Waals surface area contributed by atoms with Crippen LogP contribution >= 0.6 is 11.6 Å². The molecule has 1 saturated carbocycles. The Bertz CT molecular complexity index is 1170. The molecule has 0 radical (unpaired) electrons. The summed E-state index contributed by atoms with van der Waals surface area (Å²) in [4.78, 5) is 13.0. The molecule has 1 aromatic heterocycles. The summed E-state index contributed by atoms with van der Waals surface area (Å²) in [6, 6.07) is 10.3. The molecular formula is C24H23ClN2O6. The first-order valence-electron chi connectivity index (χ1n) is 10.3. The average Bonchev–Trinajstić information content (AvgIpc) is 3.66. The molecule has 0 N–H and O–H groups in total. The van der Waals surface area contributed by atoms with Crippen LogP contribution in [0.1, 0.15) is 40.2 Å². The molecule has 0 aliphatic heterocycles. The Morgan fingerprint density at radius 3 is 2.24 bits per heavy atom. The molecule has 3 aromatic rings. The largest absolute Gasteiger partial charge is 0.493 e. The molecule has 0 amide bonds. The summed E-state index contributed by atoms with van der Waals surface area (Å²) in [5.74, 6) is 1.53. The first-order chi connectivity index (χ1) is 15.9. The van der Waals surface area contributed by atoms with Crippen LogP contribution in [0.5, 0.6) is 34.6 Å². The van der Waals surface area contributed by atoms with E-state index in [0.29, 0.717) is 28.9 Å². The van der Waals surface area contributed by atoms with Crippen LogP contribution in [0.15, 0.2) is 36.4 Å². The van der Waals surface area contributed by atoms with Gasteiger partial charge in [0.05, 0.1) is 26.9 Å². The zero-order valence-electron chi connectivity index (χ0n) is 18.7. The van der Waals surface area contributed by atoms with Crippen molar-refractivity contribution in [3.8, 4) is 34.6 Å². The Balaban J connectivity index is 1.66. The van der Waals surface area contributed by atoms with Gasteiger partial charge in [-0.15, -0.1) is 10.2 Å². The number of carbonyl (C=O) groups is 1. The molecule has 0 bridgehead atoms. The van der Waals surface area contributed by atoms with Gasteiger partial charge in [0.1, 0.15) is 5.75 Å². The molecule has 0 saturated heterocycles. The molecule has 1 aliphatic carbocycles. The number of benzene rings is 2. The second-order valence-corrected chi connectivity index (χ2v) is 7.90. The van der Waals surface area contributed by atoms with Gasteiger partial charge in [-0.1, -0.05) is 29.8 Å². The molecule has 1 fully saturated rings. The van der Waals surface area contributed by atoms with E-state index in [9.17, 15) is 4.79 Å². The molecule has 2 aromatic carbocycles. The van der Waals surface area contributed by atoms with Gasteiger partial charge in [0.15, 0.2) is 22.4 Å². The minimum absolute atomic E-state index is 0.0383. The fourth-order valence-corrected chi connectivity index (χ4v) is 3.61. The van der Waals surface area contributed by atoms with Gasteiger partial charge < -0.3 is 23.7 Å². The van der Waals surface area contributed by atoms with Crippen molar-refractivity contribution in [2.75, 3.05) is 21.3 Å². The van der Waals surface area contributed by atoms with Crippen molar-refractivity contribution in [3.05, 3.63) is 58.2 Å². The minimum Gasteiger partial charge on any atom is -0.493 e. The van der Waals surface area contributed by atoms with Crippen LogP contribution in [0.25, 0.3) is 0 Å². The number of aryl methyl sites for hydroxylation is 1. The van der Waals surface area contributed by atoms with Gasteiger partial charge in [-0.3, -0.25) is 0 Å². The van der Waals surface area contributed by atoms with Crippen LogP contribution in [-0.4, -0.2) is 37.5 Å². The lowest BCUT2D eigenvalue weighted by atomic mass is 10.1. The Morgan fingerprint density at radius 1 is 0.939 bits per heavy atom. The van der Waals surface area contributed by atoms with E-state index in [4.69, 9.17) is 35.3 Å². The van der Waals surface area contributed by atoms with Crippen molar-refractivity contribution in [2.45, 2.75) is 25.7 Å². The summed E-state index contributed by atoms with van der Waals surface area (Å²) in [6.07, 6.45) is 2.21. The molecule has 33 heavy (non-hydrogen) atoms. The maximum Gasteiger partial charge on any atom is 0.344 e. The van der Waals surface area contributed by atoms with E-state index >= 15 is 0 Å². The second-order valence-electron chi connectivity index (χ2n) is 7.51. The van der Waals surface area contributed by atoms with Gasteiger partial charge in [0.2, 0.25) is 5.75 Å². The number of hydrogen-bond donors (Lipinski definition) is 0. The van der Waals surface area contributed by atoms with Gasteiger partial charge in [-0.05, 0) is 48.9 Å². The van der Waals surface area contributed by atoms with E-state index in [1.54, 1.807) is 0 Å². The fraction of sp³-hybridized carbons (Fsp3) is 0.292. The van der Waals surface area contributed by atoms with E-state index in [-0.39, 0.29) is 22.3 Å². The highest BCUT2D eigenvalue weighted by molar-refractivity contribution is 6.29. The Labute approximate surface area is 196 Å². The van der Waals surface area contributed by atoms with Crippen molar-refractivity contribution < 1.29 is 28.5 Å². The number of nitrogens with zero attached hydrogens (tertiary/aromatic N) is 2. The standard InChI is InChI=1S/C24H23ClN2O6/c1-13-6-5-7-16(14-8-9-14)21(13)33-23-19(12-20(25)26-27-23)32-24(28)15-10-17(29-2)22(31-4)18(11-15)30-3/h5-7,10-12,14H,8-9H2,1-4H3. The summed E-state index contributed by atoms with van der Waals surface area (Å²) in [5.41, 5.74) is 2.21. The van der Waals surface area contributed by atoms with Crippen molar-refractivity contribution in [2.24, 2.45) is 0 Å². The normalized spacial score (nSPS) is 12.8. The number of methoxy groups -OCH3 is 3. The first-order valence-corrected chi connectivity index (χ1v) is 10.7. The van der Waals surface area contributed by atoms with Crippen molar-refractivity contribution in [1.29, 1.82) is 0 Å². The minimum atomic E-state index is -0.685. The van der Waals surface area contributed by atoms with E-state index in [2.05, 4.69) is 10.2 Å². The molecule has 0 unspecified atom stereocenters. The molecule has 9 heteroatoms. The predicted molar refractivity (Wildman–Crippen MR) is 121 cm³/mol. The number of rotatable bonds is 8. The molecule has 4 rings (SSSR count). The number of esters is 1. The van der Waals surface area contributed by atoms with E-state index < -0.39 is 5.97 Å². The summed E-state index contributed by atoms with van der Waals surface area (Å²) < 4.78 is 27.7. The number of aromatic nitrogens is 2. The smallest absolute Gasteiger partial charge is 0.344 e. The lowest BCUT2D eigenvalue weighted by molar-refractivity contribution is 0.0728. The summed E-state index contributed by atoms with van der Waals surface area (Å²) >= 11 is 6.03. The molecule has 8 nitrogen and oxygen atoms in total. The Kier molecular flexibility index (Phi) is 6.55. The first kappa shape index (κ1) is 22.7. The number of carbonyl (C=O) groups excluding carboxylic acids is 1. The number of halogens is 1. The van der Waals surface area contributed by atoms with E-state index in [0.717, 1.165) is 24.0 Å². The molecule has 172 valence electrons. The second kappa shape index (κ2) is 9.54. The average molecular weight is 471 g/mol. The molecule has 0 spiro atoms. The van der Waals surface area contributed by atoms with Crippen LogP contribution in [-0.2, 0) is 0 Å². The van der Waals surface area contributed by atoms with Crippen molar-refractivity contribution in [1.82, 2.24) is 10.2 Å². The lowest BCUT2D eigenvalue weighted by Crippen LogP contribution is -2.11. The molecule has 1 heterocycles. The van der Waals surface area contributed by atoms with Crippen LogP contribution in [0.3, 0.4) is 0 Å². The van der Waals surface area contributed by atoms with Crippen LogP contribution in [0.4, 0.5) is 0 Å². The summed E-state index contributed by atoms with van der Waals surface area (Å²) in [5, 5.41) is 7.94. The SMILES string of the molecule is COc1cc(C(=O)Oc2cc(Cl)nnc2Oc2c(C)cccc2C2CC2)cc(OC)c1OC. The van der Waals surface area contributed by atoms with Crippen molar-refractivity contribution >= 4 is 17.6 Å². The molecular weight excluding hydrogens is 448 g/mol. The summed E-state index contributed by atoms with van der Waals surface area (Å²) in [7, 11) is 4.41. The van der Waals surface area contributed by atoms with Gasteiger partial charge in [-0.25, -0.2) is 4.79 Å². The Morgan fingerprint density at radius 2 is 1.64 bits per heavy atom. The third-order valence-electron chi connectivity index (χ3n) is 5.26. The third-order valence-corrected chi connectivity index (χ3v) is 5.44. The third kappa shape index (κ3) is 4.80. The lowest BCUT2D eigenvalue weighted by Gasteiger charge is -2.16. The van der Waals surface area contributed by atoms with Crippen molar-refractivity contribution in [3.63, 3.8) is 0 Å². The number of hydrogen-bond acceptors (Lipinski definition) is 8. The Hall–Kier alpha value is -3.52.